The summed E-state index contributed by atoms with van der Waals surface area (Å²) in [6, 6.07) is 8.52. The molecular weight excluding hydrogens is 284 g/mol. The van der Waals surface area contributed by atoms with Crippen LogP contribution >= 0.6 is 0 Å². The molecule has 5 nitrogen and oxygen atoms in total. The summed E-state index contributed by atoms with van der Waals surface area (Å²) in [5.41, 5.74) is 2.00. The van der Waals surface area contributed by atoms with E-state index in [-0.39, 0.29) is 23.0 Å². The molecular formula is C17H18O5. The van der Waals surface area contributed by atoms with Crippen molar-refractivity contribution in [1.82, 2.24) is 0 Å². The van der Waals surface area contributed by atoms with E-state index in [1.165, 1.54) is 21.1 Å². The Hall–Kier alpha value is -2.69. The fourth-order valence-electron chi connectivity index (χ4n) is 2.20. The van der Waals surface area contributed by atoms with Gasteiger partial charge in [-0.05, 0) is 42.8 Å². The molecule has 1 N–H and O–H groups in total. The van der Waals surface area contributed by atoms with E-state index >= 15 is 0 Å². The van der Waals surface area contributed by atoms with Crippen molar-refractivity contribution in [3.05, 3.63) is 35.9 Å². The first kappa shape index (κ1) is 15.7. The van der Waals surface area contributed by atoms with Crippen molar-refractivity contribution in [1.29, 1.82) is 0 Å². The third kappa shape index (κ3) is 2.83. The molecule has 22 heavy (non-hydrogen) atoms. The Morgan fingerprint density at radius 2 is 1.45 bits per heavy atom. The zero-order valence-corrected chi connectivity index (χ0v) is 13.0. The van der Waals surface area contributed by atoms with Gasteiger partial charge in [-0.25, -0.2) is 0 Å². The van der Waals surface area contributed by atoms with Crippen LogP contribution in [0.15, 0.2) is 30.3 Å². The molecule has 5 heteroatoms. The first-order valence-corrected chi connectivity index (χ1v) is 6.66. The smallest absolute Gasteiger partial charge is 0.200 e. The van der Waals surface area contributed by atoms with Gasteiger partial charge < -0.3 is 19.3 Å². The summed E-state index contributed by atoms with van der Waals surface area (Å²) in [4.78, 5) is 11.6. The Balaban J connectivity index is 2.69. The molecule has 2 aromatic carbocycles. The summed E-state index contributed by atoms with van der Waals surface area (Å²) in [7, 11) is 4.48. The van der Waals surface area contributed by atoms with Crippen molar-refractivity contribution in [2.75, 3.05) is 21.3 Å². The highest BCUT2D eigenvalue weighted by molar-refractivity contribution is 5.96. The highest BCUT2D eigenvalue weighted by Crippen LogP contribution is 2.42. The van der Waals surface area contributed by atoms with Crippen molar-refractivity contribution >= 4 is 5.78 Å². The molecule has 0 spiro atoms. The highest BCUT2D eigenvalue weighted by Gasteiger charge is 2.16. The fourth-order valence-corrected chi connectivity index (χ4v) is 2.20. The number of carbonyl (C=O) groups excluding carboxylic acids is 1. The maximum absolute atomic E-state index is 11.6. The van der Waals surface area contributed by atoms with Crippen LogP contribution in [-0.4, -0.2) is 32.2 Å². The molecule has 0 saturated heterocycles. The van der Waals surface area contributed by atoms with Crippen LogP contribution in [0.4, 0.5) is 0 Å². The molecule has 0 bridgehead atoms. The van der Waals surface area contributed by atoms with Gasteiger partial charge in [0.2, 0.25) is 5.75 Å². The van der Waals surface area contributed by atoms with Crippen LogP contribution in [0.5, 0.6) is 23.0 Å². The molecule has 0 unspecified atom stereocenters. The molecule has 0 aromatic heterocycles. The lowest BCUT2D eigenvalue weighted by atomic mass is 9.99. The summed E-state index contributed by atoms with van der Waals surface area (Å²) >= 11 is 0. The van der Waals surface area contributed by atoms with E-state index in [9.17, 15) is 9.90 Å². The second-order valence-electron chi connectivity index (χ2n) is 4.70. The first-order valence-electron chi connectivity index (χ1n) is 6.66. The normalized spacial score (nSPS) is 10.2. The minimum atomic E-state index is -0.0737. The van der Waals surface area contributed by atoms with Gasteiger partial charge in [0.15, 0.2) is 17.3 Å². The summed E-state index contributed by atoms with van der Waals surface area (Å²) in [6.45, 7) is 1.50. The molecule has 0 aliphatic heterocycles. The molecule has 0 aliphatic carbocycles. The average molecular weight is 302 g/mol. The molecule has 0 aliphatic rings. The van der Waals surface area contributed by atoms with Crippen LogP contribution in [-0.2, 0) is 0 Å². The highest BCUT2D eigenvalue weighted by atomic mass is 16.5. The fraction of sp³-hybridized carbons (Fsp3) is 0.235. The molecule has 2 aromatic rings. The van der Waals surface area contributed by atoms with Crippen LogP contribution in [0.2, 0.25) is 0 Å². The number of carbonyl (C=O) groups is 1. The second-order valence-corrected chi connectivity index (χ2v) is 4.70. The van der Waals surface area contributed by atoms with Gasteiger partial charge >= 0.3 is 0 Å². The zero-order valence-electron chi connectivity index (χ0n) is 13.0. The number of hydrogen-bond acceptors (Lipinski definition) is 5. The van der Waals surface area contributed by atoms with E-state index in [0.29, 0.717) is 22.4 Å². The molecule has 0 atom stereocenters. The number of ether oxygens (including phenoxy) is 3. The van der Waals surface area contributed by atoms with E-state index in [2.05, 4.69) is 0 Å². The van der Waals surface area contributed by atoms with Gasteiger partial charge in [-0.1, -0.05) is 0 Å². The maximum atomic E-state index is 11.6. The van der Waals surface area contributed by atoms with Crippen molar-refractivity contribution in [3.8, 4) is 34.1 Å². The number of aromatic hydroxyl groups is 1. The number of ketones is 1. The minimum Gasteiger partial charge on any atom is -0.502 e. The Bertz CT molecular complexity index is 681. The summed E-state index contributed by atoms with van der Waals surface area (Å²) in [5, 5.41) is 9.99. The Morgan fingerprint density at radius 3 is 1.91 bits per heavy atom. The van der Waals surface area contributed by atoms with Crippen LogP contribution in [0, 0.1) is 0 Å². The van der Waals surface area contributed by atoms with Crippen molar-refractivity contribution in [2.24, 2.45) is 0 Å². The Morgan fingerprint density at radius 1 is 0.909 bits per heavy atom. The van der Waals surface area contributed by atoms with Crippen LogP contribution < -0.4 is 14.2 Å². The monoisotopic (exact) mass is 302 g/mol. The number of Topliss-reactive ketones (excluding diaryl/α,β-unsaturated/α-hetero) is 1. The third-order valence-electron chi connectivity index (χ3n) is 3.40. The van der Waals surface area contributed by atoms with Crippen molar-refractivity contribution < 1.29 is 24.1 Å². The number of hydrogen-bond donors (Lipinski definition) is 1. The standard InChI is InChI=1S/C17H18O5/c1-10(18)11-5-6-14(20-2)13(7-11)12-8-15(21-3)17(19)16(9-12)22-4/h5-9,19H,1-4H3. The van der Waals surface area contributed by atoms with Crippen LogP contribution in [0.3, 0.4) is 0 Å². The van der Waals surface area contributed by atoms with Crippen molar-refractivity contribution in [2.45, 2.75) is 6.92 Å². The van der Waals surface area contributed by atoms with E-state index in [1.54, 1.807) is 37.4 Å². The lowest BCUT2D eigenvalue weighted by Gasteiger charge is -2.14. The zero-order chi connectivity index (χ0) is 16.3. The predicted octanol–water partition coefficient (Wildman–Crippen LogP) is 3.29. The number of benzene rings is 2. The topological polar surface area (TPSA) is 65.0 Å². The SMILES string of the molecule is COc1ccc(C(C)=O)cc1-c1cc(OC)c(O)c(OC)c1. The molecule has 0 radical (unpaired) electrons. The Labute approximate surface area is 129 Å². The molecule has 0 saturated carbocycles. The van der Waals surface area contributed by atoms with Gasteiger partial charge in [0, 0.05) is 11.1 Å². The number of rotatable bonds is 5. The van der Waals surface area contributed by atoms with E-state index in [0.717, 1.165) is 0 Å². The van der Waals surface area contributed by atoms with Crippen LogP contribution in [0.25, 0.3) is 11.1 Å². The second kappa shape index (κ2) is 6.39. The van der Waals surface area contributed by atoms with E-state index in [1.807, 2.05) is 0 Å². The van der Waals surface area contributed by atoms with Gasteiger partial charge in [-0.15, -0.1) is 0 Å². The largest absolute Gasteiger partial charge is 0.502 e. The van der Waals surface area contributed by atoms with E-state index in [4.69, 9.17) is 14.2 Å². The molecule has 0 fully saturated rings. The predicted molar refractivity (Wildman–Crippen MR) is 83.2 cm³/mol. The lowest BCUT2D eigenvalue weighted by molar-refractivity contribution is 0.101. The molecule has 0 heterocycles. The van der Waals surface area contributed by atoms with Crippen LogP contribution in [0.1, 0.15) is 17.3 Å². The Kier molecular flexibility index (Phi) is 4.56. The number of phenolic OH excluding ortho intramolecular Hbond substituents is 1. The van der Waals surface area contributed by atoms with E-state index < -0.39 is 0 Å². The quantitative estimate of drug-likeness (QED) is 0.859. The summed E-state index contributed by atoms with van der Waals surface area (Å²) in [5.74, 6) is 1.06. The lowest BCUT2D eigenvalue weighted by Crippen LogP contribution is -1.96. The summed E-state index contributed by atoms with van der Waals surface area (Å²) < 4.78 is 15.7. The first-order chi connectivity index (χ1) is 10.5. The van der Waals surface area contributed by atoms with Crippen molar-refractivity contribution in [3.63, 3.8) is 0 Å². The summed E-state index contributed by atoms with van der Waals surface area (Å²) in [6.07, 6.45) is 0. The van der Waals surface area contributed by atoms with Gasteiger partial charge in [0.05, 0.1) is 21.3 Å². The van der Waals surface area contributed by atoms with Gasteiger partial charge in [-0.3, -0.25) is 4.79 Å². The molecule has 116 valence electrons. The van der Waals surface area contributed by atoms with Gasteiger partial charge in [0.25, 0.3) is 0 Å². The number of phenols is 1. The van der Waals surface area contributed by atoms with Gasteiger partial charge in [-0.2, -0.15) is 0 Å². The maximum Gasteiger partial charge on any atom is 0.200 e. The number of methoxy groups -OCH3 is 3. The average Bonchev–Trinajstić information content (AvgIpc) is 2.54. The minimum absolute atomic E-state index is 0.0402. The third-order valence-corrected chi connectivity index (χ3v) is 3.40. The molecule has 0 amide bonds. The molecule has 2 rings (SSSR count). The van der Waals surface area contributed by atoms with Gasteiger partial charge in [0.1, 0.15) is 5.75 Å².